The van der Waals surface area contributed by atoms with Crippen molar-refractivity contribution < 1.29 is 45.1 Å². The van der Waals surface area contributed by atoms with Crippen molar-refractivity contribution in [3.8, 4) is 16.8 Å². The van der Waals surface area contributed by atoms with Crippen LogP contribution in [0, 0.1) is 10.8 Å². The molecule has 1 aliphatic heterocycles. The average molecular weight is 782 g/mol. The minimum absolute atomic E-state index is 0.0197. The molecule has 0 spiro atoms. The van der Waals surface area contributed by atoms with Crippen LogP contribution in [0.3, 0.4) is 0 Å². The number of esters is 1. The third-order valence-corrected chi connectivity index (χ3v) is 9.86. The molecule has 4 aromatic rings. The minimum Gasteiger partial charge on any atom is -0.463 e. The Bertz CT molecular complexity index is 2060. The van der Waals surface area contributed by atoms with Crippen LogP contribution >= 0.6 is 11.6 Å². The number of alkyl halides is 7. The zero-order chi connectivity index (χ0) is 39.4. The Morgan fingerprint density at radius 1 is 1.04 bits per heavy atom. The number of hydrogen-bond donors (Lipinski definition) is 1. The first kappa shape index (κ1) is 38.8. The van der Waals surface area contributed by atoms with E-state index in [1.807, 2.05) is 20.8 Å². The molecule has 3 heterocycles. The SMILES string of the molecule is C=C1N[C@](CC(C)(C)C)(c2ccc(-c3cnn(C(F)F)c3)cc2)C(=O)N1[C@H](COC(=O)CC1(C(F)(F)F)CC1)c1ccc(Cl)c(-n2ncnc2C(F)F)c1. The van der Waals surface area contributed by atoms with Gasteiger partial charge in [-0.15, -0.1) is 0 Å². The van der Waals surface area contributed by atoms with Gasteiger partial charge in [-0.05, 0) is 53.5 Å². The number of aromatic nitrogens is 5. The molecular formula is C36H35ClF7N7O3. The predicted octanol–water partition coefficient (Wildman–Crippen LogP) is 8.67. The van der Waals surface area contributed by atoms with Crippen LogP contribution in [-0.2, 0) is 19.9 Å². The maximum Gasteiger partial charge on any atom is 0.395 e. The standard InChI is InChI=1S/C36H35ClF7N7O3/c1-20-48-35(18-33(2,3)4,24-8-5-21(6-9-24)23-15-46-49(16-23)32(40)41)31(53)50(20)27(17-54-28(52)14-34(11-12-34)36(42,43)44)22-7-10-25(37)26(13-22)51-30(29(38)39)45-19-47-51/h5-10,13,15-16,19,27,29,32,48H,1,11-12,14,17-18H2,2-4H3/t27-,35-/m1/s1. The largest absolute Gasteiger partial charge is 0.463 e. The Morgan fingerprint density at radius 3 is 2.30 bits per heavy atom. The van der Waals surface area contributed by atoms with Crippen molar-refractivity contribution in [2.45, 2.75) is 77.2 Å². The number of nitrogens with one attached hydrogen (secondary N) is 1. The number of rotatable bonds is 12. The molecule has 1 aliphatic carbocycles. The summed E-state index contributed by atoms with van der Waals surface area (Å²) in [6, 6.07) is 9.50. The van der Waals surface area contributed by atoms with Crippen molar-refractivity contribution in [3.63, 3.8) is 0 Å². The summed E-state index contributed by atoms with van der Waals surface area (Å²) in [6.07, 6.45) is -5.48. The maximum absolute atomic E-state index is 15.0. The van der Waals surface area contributed by atoms with Gasteiger partial charge in [0.25, 0.3) is 12.3 Å². The lowest BCUT2D eigenvalue weighted by molar-refractivity contribution is -0.195. The highest BCUT2D eigenvalue weighted by molar-refractivity contribution is 6.32. The Morgan fingerprint density at radius 2 is 1.72 bits per heavy atom. The topological polar surface area (TPSA) is 107 Å². The molecule has 1 amide bonds. The van der Waals surface area contributed by atoms with Crippen LogP contribution in [0.4, 0.5) is 30.7 Å². The van der Waals surface area contributed by atoms with E-state index in [-0.39, 0.29) is 41.4 Å². The summed E-state index contributed by atoms with van der Waals surface area (Å²) in [5.74, 6) is -2.39. The molecule has 288 valence electrons. The van der Waals surface area contributed by atoms with Gasteiger partial charge in [0.2, 0.25) is 0 Å². The molecule has 0 unspecified atom stereocenters. The average Bonchev–Trinajstić information content (AvgIpc) is 3.40. The van der Waals surface area contributed by atoms with E-state index < -0.39 is 72.3 Å². The monoisotopic (exact) mass is 781 g/mol. The van der Waals surface area contributed by atoms with Gasteiger partial charge in [-0.2, -0.15) is 32.1 Å². The third-order valence-electron chi connectivity index (χ3n) is 9.54. The van der Waals surface area contributed by atoms with Crippen molar-refractivity contribution in [1.82, 2.24) is 34.8 Å². The molecule has 1 saturated heterocycles. The summed E-state index contributed by atoms with van der Waals surface area (Å²) in [5.41, 5.74) is -2.64. The summed E-state index contributed by atoms with van der Waals surface area (Å²) < 4.78 is 102. The fourth-order valence-electron chi connectivity index (χ4n) is 6.79. The molecule has 2 fully saturated rings. The highest BCUT2D eigenvalue weighted by Crippen LogP contribution is 2.60. The van der Waals surface area contributed by atoms with Crippen molar-refractivity contribution >= 4 is 23.5 Å². The van der Waals surface area contributed by atoms with Crippen molar-refractivity contribution in [2.75, 3.05) is 6.61 Å². The van der Waals surface area contributed by atoms with Crippen molar-refractivity contribution in [2.24, 2.45) is 10.8 Å². The fourth-order valence-corrected chi connectivity index (χ4v) is 6.98. The first-order valence-corrected chi connectivity index (χ1v) is 17.1. The van der Waals surface area contributed by atoms with Gasteiger partial charge in [-0.25, -0.2) is 23.1 Å². The van der Waals surface area contributed by atoms with Gasteiger partial charge in [-0.3, -0.25) is 14.5 Å². The summed E-state index contributed by atoms with van der Waals surface area (Å²) in [5, 5.41) is 10.8. The van der Waals surface area contributed by atoms with Crippen LogP contribution in [0.25, 0.3) is 16.8 Å². The number of hydrogen-bond acceptors (Lipinski definition) is 7. The lowest BCUT2D eigenvalue weighted by Gasteiger charge is -2.35. The number of benzene rings is 2. The molecule has 0 bridgehead atoms. The minimum atomic E-state index is -4.62. The maximum atomic E-state index is 15.0. The van der Waals surface area contributed by atoms with Gasteiger partial charge in [0.05, 0.1) is 34.8 Å². The van der Waals surface area contributed by atoms with Crippen LogP contribution in [0.1, 0.15) is 82.4 Å². The van der Waals surface area contributed by atoms with Gasteiger partial charge in [0, 0.05) is 11.8 Å². The van der Waals surface area contributed by atoms with E-state index >= 15 is 0 Å². The second-order valence-corrected chi connectivity index (χ2v) is 15.1. The Kier molecular flexibility index (Phi) is 10.1. The zero-order valence-electron chi connectivity index (χ0n) is 29.2. The Hall–Kier alpha value is -4.93. The number of amides is 1. The van der Waals surface area contributed by atoms with E-state index in [1.54, 1.807) is 24.3 Å². The third kappa shape index (κ3) is 7.42. The highest BCUT2D eigenvalue weighted by Gasteiger charge is 2.64. The van der Waals surface area contributed by atoms with Gasteiger partial charge in [0.1, 0.15) is 24.3 Å². The summed E-state index contributed by atoms with van der Waals surface area (Å²) in [6.45, 7) is 6.32. The van der Waals surface area contributed by atoms with Crippen LogP contribution in [-0.4, -0.2) is 54.1 Å². The normalized spacial score (nSPS) is 19.1. The number of halogens is 8. The van der Waals surface area contributed by atoms with Crippen LogP contribution in [0.5, 0.6) is 0 Å². The molecule has 2 aromatic carbocycles. The molecule has 2 atom stereocenters. The quantitative estimate of drug-likeness (QED) is 0.113. The fraction of sp³-hybridized carbons (Fsp3) is 0.417. The molecule has 6 rings (SSSR count). The van der Waals surface area contributed by atoms with E-state index in [4.69, 9.17) is 16.3 Å². The Balaban J connectivity index is 1.40. The first-order valence-electron chi connectivity index (χ1n) is 16.7. The van der Waals surface area contributed by atoms with E-state index in [9.17, 15) is 40.3 Å². The first-order chi connectivity index (χ1) is 25.2. The van der Waals surface area contributed by atoms with Gasteiger partial charge >= 0.3 is 18.7 Å². The predicted molar refractivity (Wildman–Crippen MR) is 181 cm³/mol. The number of ether oxygens (including phenoxy) is 1. The summed E-state index contributed by atoms with van der Waals surface area (Å²) in [4.78, 5) is 32.8. The second kappa shape index (κ2) is 14.0. The highest BCUT2D eigenvalue weighted by atomic mass is 35.5. The molecule has 0 radical (unpaired) electrons. The van der Waals surface area contributed by atoms with Crippen LogP contribution in [0.2, 0.25) is 5.02 Å². The van der Waals surface area contributed by atoms with Crippen LogP contribution in [0.15, 0.2) is 73.6 Å². The smallest absolute Gasteiger partial charge is 0.395 e. The van der Waals surface area contributed by atoms with E-state index in [0.29, 0.717) is 21.4 Å². The molecule has 18 heteroatoms. The number of carbonyl (C=O) groups is 2. The molecule has 10 nitrogen and oxygen atoms in total. The molecule has 1 N–H and O–H groups in total. The van der Waals surface area contributed by atoms with Crippen molar-refractivity contribution in [1.29, 1.82) is 0 Å². The lowest BCUT2D eigenvalue weighted by atomic mass is 9.75. The molecule has 2 aromatic heterocycles. The number of nitrogens with zero attached hydrogens (tertiary/aromatic N) is 6. The second-order valence-electron chi connectivity index (χ2n) is 14.6. The molecule has 54 heavy (non-hydrogen) atoms. The zero-order valence-corrected chi connectivity index (χ0v) is 29.9. The Labute approximate surface area is 309 Å². The van der Waals surface area contributed by atoms with E-state index in [1.165, 1.54) is 35.5 Å². The van der Waals surface area contributed by atoms with Gasteiger partial charge in [-0.1, -0.05) is 69.3 Å². The molecule has 1 saturated carbocycles. The van der Waals surface area contributed by atoms with Gasteiger partial charge < -0.3 is 10.1 Å². The van der Waals surface area contributed by atoms with E-state index in [2.05, 4.69) is 27.1 Å². The van der Waals surface area contributed by atoms with Crippen molar-refractivity contribution in [3.05, 3.63) is 95.6 Å². The van der Waals surface area contributed by atoms with E-state index in [0.717, 1.165) is 11.0 Å². The molecule has 2 aliphatic rings. The van der Waals surface area contributed by atoms with Crippen LogP contribution < -0.4 is 5.32 Å². The molecular weight excluding hydrogens is 747 g/mol. The summed E-state index contributed by atoms with van der Waals surface area (Å²) >= 11 is 6.43. The van der Waals surface area contributed by atoms with Gasteiger partial charge in [0.15, 0.2) is 5.82 Å². The number of carbonyl (C=O) groups excluding carboxylic acids is 2. The lowest BCUT2D eigenvalue weighted by Crippen LogP contribution is -2.47. The summed E-state index contributed by atoms with van der Waals surface area (Å²) in [7, 11) is 0.